The summed E-state index contributed by atoms with van der Waals surface area (Å²) >= 11 is 1.47. The van der Waals surface area contributed by atoms with Crippen LogP contribution >= 0.6 is 11.3 Å². The summed E-state index contributed by atoms with van der Waals surface area (Å²) in [4.78, 5) is 19.6. The third kappa shape index (κ3) is 3.77. The minimum atomic E-state index is -0.189. The summed E-state index contributed by atoms with van der Waals surface area (Å²) in [5, 5.41) is 4.72. The van der Waals surface area contributed by atoms with Gasteiger partial charge in [0.05, 0.1) is 11.4 Å². The molecule has 1 N–H and O–H groups in total. The van der Waals surface area contributed by atoms with Crippen molar-refractivity contribution in [1.82, 2.24) is 15.2 Å². The molecule has 0 spiro atoms. The van der Waals surface area contributed by atoms with Gasteiger partial charge in [0.15, 0.2) is 7.85 Å². The van der Waals surface area contributed by atoms with E-state index in [2.05, 4.69) is 28.4 Å². The lowest BCUT2D eigenvalue weighted by Gasteiger charge is -2.23. The van der Waals surface area contributed by atoms with Gasteiger partial charge < -0.3 is 10.2 Å². The van der Waals surface area contributed by atoms with Crippen LogP contribution in [0.3, 0.4) is 0 Å². The number of rotatable bonds is 5. The van der Waals surface area contributed by atoms with Gasteiger partial charge >= 0.3 is 0 Å². The highest BCUT2D eigenvalue weighted by atomic mass is 32.1. The fraction of sp³-hybridized carbons (Fsp3) is 0.250. The van der Waals surface area contributed by atoms with E-state index < -0.39 is 0 Å². The van der Waals surface area contributed by atoms with Crippen LogP contribution in [0.4, 0.5) is 0 Å². The minimum Gasteiger partial charge on any atom is -0.366 e. The van der Waals surface area contributed by atoms with Crippen molar-refractivity contribution in [2.24, 2.45) is 0 Å². The van der Waals surface area contributed by atoms with Crippen LogP contribution in [0.2, 0.25) is 0 Å². The van der Waals surface area contributed by atoms with Crippen LogP contribution in [0.15, 0.2) is 53.7 Å². The first kappa shape index (κ1) is 16.3. The fourth-order valence-corrected chi connectivity index (χ4v) is 2.94. The van der Waals surface area contributed by atoms with E-state index in [0.717, 1.165) is 35.8 Å². The number of carbonyl (C=O) groups excluding carboxylic acids is 1. The van der Waals surface area contributed by atoms with Gasteiger partial charge in [0.25, 0.3) is 5.91 Å². The molecule has 1 saturated heterocycles. The van der Waals surface area contributed by atoms with Crippen molar-refractivity contribution < 1.29 is 4.79 Å². The monoisotopic (exact) mass is 313 g/mol. The van der Waals surface area contributed by atoms with Crippen molar-refractivity contribution >= 4 is 30.0 Å². The Morgan fingerprint density at radius 1 is 1.59 bits per heavy atom. The van der Waals surface area contributed by atoms with Crippen molar-refractivity contribution in [3.8, 4) is 0 Å². The fourth-order valence-electron chi connectivity index (χ4n) is 2.34. The molecule has 114 valence electrons. The summed E-state index contributed by atoms with van der Waals surface area (Å²) in [6, 6.07) is 0. The van der Waals surface area contributed by atoms with Crippen LogP contribution in [0.1, 0.15) is 23.8 Å². The molecule has 0 bridgehead atoms. The van der Waals surface area contributed by atoms with Gasteiger partial charge in [0.1, 0.15) is 5.69 Å². The van der Waals surface area contributed by atoms with Crippen molar-refractivity contribution in [2.45, 2.75) is 13.3 Å². The van der Waals surface area contributed by atoms with Gasteiger partial charge in [-0.25, -0.2) is 4.98 Å². The third-order valence-corrected chi connectivity index (χ3v) is 4.20. The van der Waals surface area contributed by atoms with Gasteiger partial charge in [-0.2, -0.15) is 0 Å². The normalized spacial score (nSPS) is 16.0. The second-order valence-corrected chi connectivity index (χ2v) is 6.18. The lowest BCUT2D eigenvalue weighted by Crippen LogP contribution is -2.30. The van der Waals surface area contributed by atoms with Crippen LogP contribution in [-0.4, -0.2) is 36.7 Å². The Morgan fingerprint density at radius 3 is 2.86 bits per heavy atom. The maximum atomic E-state index is 12.3. The zero-order chi connectivity index (χ0) is 16.1. The number of thiazole rings is 1. The number of carbonyl (C=O) groups is 1. The molecule has 0 aliphatic carbocycles. The van der Waals surface area contributed by atoms with Crippen LogP contribution in [0.5, 0.6) is 0 Å². The SMILES string of the molecule is Bc1nc(C(=O)NC(=C/C)/C(=C\C=C)N2CCC(=C)C2)cs1. The average Bonchev–Trinajstić information content (AvgIpc) is 3.11. The van der Waals surface area contributed by atoms with Crippen molar-refractivity contribution in [1.29, 1.82) is 0 Å². The van der Waals surface area contributed by atoms with Gasteiger partial charge in [0.2, 0.25) is 0 Å². The molecule has 2 heterocycles. The molecule has 1 amide bonds. The van der Waals surface area contributed by atoms with E-state index in [9.17, 15) is 4.79 Å². The number of allylic oxidation sites excluding steroid dienone is 3. The van der Waals surface area contributed by atoms with E-state index in [0.29, 0.717) is 5.69 Å². The van der Waals surface area contributed by atoms with Crippen LogP contribution < -0.4 is 10.2 Å². The maximum Gasteiger partial charge on any atom is 0.275 e. The number of amides is 1. The Kier molecular flexibility index (Phi) is 5.38. The summed E-state index contributed by atoms with van der Waals surface area (Å²) in [5.41, 5.74) is 3.37. The highest BCUT2D eigenvalue weighted by Gasteiger charge is 2.21. The Hall–Kier alpha value is -2.08. The molecule has 1 aromatic rings. The topological polar surface area (TPSA) is 45.2 Å². The average molecular weight is 313 g/mol. The molecule has 1 aromatic heterocycles. The number of nitrogens with one attached hydrogen (secondary N) is 1. The molecule has 0 aromatic carbocycles. The molecule has 0 radical (unpaired) electrons. The summed E-state index contributed by atoms with van der Waals surface area (Å²) in [6.07, 6.45) is 6.53. The highest BCUT2D eigenvalue weighted by molar-refractivity contribution is 7.17. The van der Waals surface area contributed by atoms with Crippen LogP contribution in [0.25, 0.3) is 0 Å². The predicted molar refractivity (Wildman–Crippen MR) is 95.1 cm³/mol. The summed E-state index contributed by atoms with van der Waals surface area (Å²) in [5.74, 6) is -0.189. The Bertz CT molecular complexity index is 660. The first-order valence-electron chi connectivity index (χ1n) is 7.19. The molecule has 2 rings (SSSR count). The lowest BCUT2D eigenvalue weighted by molar-refractivity contribution is 0.0961. The molecule has 1 aliphatic rings. The number of likely N-dealkylation sites (tertiary alicyclic amines) is 1. The molecule has 6 heteroatoms. The summed E-state index contributed by atoms with van der Waals surface area (Å²) in [6.45, 7) is 11.4. The van der Waals surface area contributed by atoms with E-state index in [1.807, 2.05) is 26.9 Å². The molecule has 22 heavy (non-hydrogen) atoms. The molecule has 4 nitrogen and oxygen atoms in total. The zero-order valence-electron chi connectivity index (χ0n) is 13.1. The van der Waals surface area contributed by atoms with E-state index in [-0.39, 0.29) is 5.91 Å². The highest BCUT2D eigenvalue weighted by Crippen LogP contribution is 2.22. The third-order valence-electron chi connectivity index (χ3n) is 3.43. The second-order valence-electron chi connectivity index (χ2n) is 5.12. The Labute approximate surface area is 136 Å². The Morgan fingerprint density at radius 2 is 2.36 bits per heavy atom. The summed E-state index contributed by atoms with van der Waals surface area (Å²) < 4.78 is 0. The predicted octanol–water partition coefficient (Wildman–Crippen LogP) is 1.37. The molecule has 0 saturated carbocycles. The minimum absolute atomic E-state index is 0.189. The van der Waals surface area contributed by atoms with Crippen molar-refractivity contribution in [2.75, 3.05) is 13.1 Å². The smallest absolute Gasteiger partial charge is 0.275 e. The molecule has 1 aliphatic heterocycles. The number of aromatic nitrogens is 1. The van der Waals surface area contributed by atoms with E-state index >= 15 is 0 Å². The second kappa shape index (κ2) is 7.27. The van der Waals surface area contributed by atoms with Gasteiger partial charge in [-0.15, -0.1) is 11.3 Å². The Balaban J connectivity index is 2.18. The number of hydrogen-bond acceptors (Lipinski definition) is 4. The standard InChI is InChI=1S/C16H20BN3OS/c1-4-6-14(20-8-7-11(3)9-20)12(5-2)18-15(21)13-10-22-16(17)19-13/h4-6,10H,1,3,7-9,17H2,2H3,(H,18,21)/b12-5+,14-6+. The molecule has 1 fully saturated rings. The van der Waals surface area contributed by atoms with Gasteiger partial charge in [-0.3, -0.25) is 4.79 Å². The first-order valence-corrected chi connectivity index (χ1v) is 8.07. The number of hydrogen-bond donors (Lipinski definition) is 1. The van der Waals surface area contributed by atoms with Gasteiger partial charge in [-0.05, 0) is 19.4 Å². The van der Waals surface area contributed by atoms with Gasteiger partial charge in [0, 0.05) is 23.4 Å². The zero-order valence-corrected chi connectivity index (χ0v) is 13.9. The van der Waals surface area contributed by atoms with Crippen LogP contribution in [0, 0.1) is 0 Å². The lowest BCUT2D eigenvalue weighted by atomic mass is 10.2. The molecular formula is C16H20BN3OS. The van der Waals surface area contributed by atoms with E-state index in [1.165, 1.54) is 16.9 Å². The van der Waals surface area contributed by atoms with E-state index in [4.69, 9.17) is 0 Å². The number of nitrogens with zero attached hydrogens (tertiary/aromatic N) is 2. The molecule has 0 unspecified atom stereocenters. The van der Waals surface area contributed by atoms with E-state index in [1.54, 1.807) is 11.5 Å². The van der Waals surface area contributed by atoms with Gasteiger partial charge in [-0.1, -0.05) is 30.9 Å². The largest absolute Gasteiger partial charge is 0.366 e. The maximum absolute atomic E-state index is 12.3. The molecule has 0 atom stereocenters. The molecular weight excluding hydrogens is 293 g/mol. The first-order chi connectivity index (χ1) is 10.5. The van der Waals surface area contributed by atoms with Crippen molar-refractivity contribution in [3.05, 3.63) is 59.4 Å². The quantitative estimate of drug-likeness (QED) is 0.507. The van der Waals surface area contributed by atoms with Crippen molar-refractivity contribution in [3.63, 3.8) is 0 Å². The van der Waals surface area contributed by atoms with Crippen LogP contribution in [-0.2, 0) is 0 Å². The summed E-state index contributed by atoms with van der Waals surface area (Å²) in [7, 11) is 1.89.